The van der Waals surface area contributed by atoms with Gasteiger partial charge in [-0.05, 0) is 39.7 Å². The van der Waals surface area contributed by atoms with E-state index in [2.05, 4.69) is 26.2 Å². The fourth-order valence-electron chi connectivity index (χ4n) is 2.95. The Morgan fingerprint density at radius 3 is 3.04 bits per heavy atom. The van der Waals surface area contributed by atoms with Gasteiger partial charge < -0.3 is 24.4 Å². The zero-order valence-corrected chi connectivity index (χ0v) is 15.6. The molecule has 0 aliphatic carbocycles. The first-order valence-corrected chi connectivity index (χ1v) is 9.16. The van der Waals surface area contributed by atoms with Crippen LogP contribution in [0.2, 0.25) is 0 Å². The van der Waals surface area contributed by atoms with Crippen LogP contribution in [0.1, 0.15) is 12.0 Å². The average Bonchev–Trinajstić information content (AvgIpc) is 3.30. The molecular weight excluding hydrogens is 402 g/mol. The predicted octanol–water partition coefficient (Wildman–Crippen LogP) is 2.94. The summed E-state index contributed by atoms with van der Waals surface area (Å²) in [6.45, 7) is 1.89. The summed E-state index contributed by atoms with van der Waals surface area (Å²) in [5.41, 5.74) is 0.966. The van der Waals surface area contributed by atoms with Crippen molar-refractivity contribution in [3.8, 4) is 17.4 Å². The number of aromatic nitrogens is 1. The molecule has 0 bridgehead atoms. The Morgan fingerprint density at radius 1 is 1.31 bits per heavy atom. The lowest BCUT2D eigenvalue weighted by atomic mass is 10.2. The van der Waals surface area contributed by atoms with Crippen LogP contribution in [0.4, 0.5) is 4.79 Å². The summed E-state index contributed by atoms with van der Waals surface area (Å²) in [6.07, 6.45) is 2.44. The van der Waals surface area contributed by atoms with Gasteiger partial charge in [-0.3, -0.25) is 0 Å². The van der Waals surface area contributed by atoms with E-state index in [-0.39, 0.29) is 18.9 Å². The van der Waals surface area contributed by atoms with Crippen LogP contribution in [0.5, 0.6) is 17.4 Å². The molecule has 1 N–H and O–H groups in total. The minimum absolute atomic E-state index is 0.0417. The van der Waals surface area contributed by atoms with Gasteiger partial charge in [-0.1, -0.05) is 6.07 Å². The summed E-state index contributed by atoms with van der Waals surface area (Å²) in [4.78, 5) is 18.3. The van der Waals surface area contributed by atoms with E-state index in [4.69, 9.17) is 14.2 Å². The first-order chi connectivity index (χ1) is 12.7. The second kappa shape index (κ2) is 7.41. The number of benzene rings is 1. The molecule has 2 amide bonds. The first kappa shape index (κ1) is 17.0. The molecule has 136 valence electrons. The van der Waals surface area contributed by atoms with Crippen molar-refractivity contribution in [2.75, 3.05) is 19.9 Å². The quantitative estimate of drug-likeness (QED) is 0.824. The van der Waals surface area contributed by atoms with E-state index in [1.807, 2.05) is 30.3 Å². The number of rotatable bonds is 4. The van der Waals surface area contributed by atoms with Gasteiger partial charge in [-0.2, -0.15) is 0 Å². The van der Waals surface area contributed by atoms with Crippen LogP contribution in [0, 0.1) is 0 Å². The van der Waals surface area contributed by atoms with Gasteiger partial charge in [0.25, 0.3) is 0 Å². The highest BCUT2D eigenvalue weighted by Crippen LogP contribution is 2.32. The summed E-state index contributed by atoms with van der Waals surface area (Å²) in [7, 11) is 0. The van der Waals surface area contributed by atoms with Crippen LogP contribution in [0.3, 0.4) is 0 Å². The Hall–Kier alpha value is -2.48. The molecule has 0 saturated carbocycles. The molecule has 0 radical (unpaired) electrons. The van der Waals surface area contributed by atoms with Crippen molar-refractivity contribution in [2.24, 2.45) is 0 Å². The highest BCUT2D eigenvalue weighted by Gasteiger charge is 2.27. The summed E-state index contributed by atoms with van der Waals surface area (Å²) in [5, 5.41) is 2.94. The average molecular weight is 420 g/mol. The van der Waals surface area contributed by atoms with Crippen molar-refractivity contribution in [1.82, 2.24) is 15.2 Å². The van der Waals surface area contributed by atoms with E-state index in [9.17, 15) is 4.79 Å². The lowest BCUT2D eigenvalue weighted by Crippen LogP contribution is -2.39. The van der Waals surface area contributed by atoms with E-state index in [0.29, 0.717) is 31.3 Å². The fraction of sp³-hybridized carbons (Fsp3) is 0.333. The van der Waals surface area contributed by atoms with E-state index < -0.39 is 0 Å². The van der Waals surface area contributed by atoms with Gasteiger partial charge in [0, 0.05) is 36.2 Å². The molecule has 7 nitrogen and oxygen atoms in total. The number of hydrogen-bond donors (Lipinski definition) is 1. The Kier molecular flexibility index (Phi) is 4.83. The Labute approximate surface area is 159 Å². The zero-order valence-electron chi connectivity index (χ0n) is 14.0. The summed E-state index contributed by atoms with van der Waals surface area (Å²) < 4.78 is 17.4. The molecule has 4 rings (SSSR count). The second-order valence-corrected chi connectivity index (χ2v) is 7.05. The number of nitrogens with one attached hydrogen (secondary N) is 1. The van der Waals surface area contributed by atoms with E-state index in [1.165, 1.54) is 0 Å². The normalized spacial score (nSPS) is 18.0. The molecule has 1 unspecified atom stereocenters. The number of amides is 2. The number of urea groups is 1. The smallest absolute Gasteiger partial charge is 0.317 e. The molecule has 1 saturated heterocycles. The summed E-state index contributed by atoms with van der Waals surface area (Å²) in [6, 6.07) is 9.26. The molecule has 1 aromatic carbocycles. The van der Waals surface area contributed by atoms with Crippen LogP contribution < -0.4 is 19.5 Å². The number of likely N-dealkylation sites (tertiary alicyclic amines) is 1. The standard InChI is InChI=1S/C18H18BrN3O4/c19-13-2-4-17(20-9-13)26-14-5-6-22(10-14)18(23)21-8-12-1-3-15-16(7-12)25-11-24-15/h1-4,7,9,14H,5-6,8,10-11H2,(H,21,23). The number of ether oxygens (including phenoxy) is 3. The minimum Gasteiger partial charge on any atom is -0.472 e. The predicted molar refractivity (Wildman–Crippen MR) is 97.3 cm³/mol. The van der Waals surface area contributed by atoms with Crippen LogP contribution in [0.15, 0.2) is 41.0 Å². The van der Waals surface area contributed by atoms with Crippen molar-refractivity contribution in [3.63, 3.8) is 0 Å². The van der Waals surface area contributed by atoms with Gasteiger partial charge >= 0.3 is 6.03 Å². The summed E-state index contributed by atoms with van der Waals surface area (Å²) >= 11 is 3.35. The molecule has 2 aliphatic rings. The summed E-state index contributed by atoms with van der Waals surface area (Å²) in [5.74, 6) is 2.02. The number of hydrogen-bond acceptors (Lipinski definition) is 5. The molecule has 1 aromatic heterocycles. The number of carbonyl (C=O) groups is 1. The fourth-order valence-corrected chi connectivity index (χ4v) is 3.19. The van der Waals surface area contributed by atoms with Gasteiger partial charge in [-0.25, -0.2) is 9.78 Å². The highest BCUT2D eigenvalue weighted by atomic mass is 79.9. The molecule has 2 aliphatic heterocycles. The van der Waals surface area contributed by atoms with Crippen molar-refractivity contribution in [2.45, 2.75) is 19.1 Å². The second-order valence-electron chi connectivity index (χ2n) is 6.14. The van der Waals surface area contributed by atoms with Crippen molar-refractivity contribution >= 4 is 22.0 Å². The van der Waals surface area contributed by atoms with Crippen LogP contribution >= 0.6 is 15.9 Å². The molecule has 8 heteroatoms. The molecule has 1 fully saturated rings. The Morgan fingerprint density at radius 2 is 2.19 bits per heavy atom. The minimum atomic E-state index is -0.0995. The topological polar surface area (TPSA) is 72.9 Å². The maximum atomic E-state index is 12.4. The first-order valence-electron chi connectivity index (χ1n) is 8.37. The van der Waals surface area contributed by atoms with Crippen LogP contribution in [-0.2, 0) is 6.54 Å². The third-order valence-electron chi connectivity index (χ3n) is 4.30. The third kappa shape index (κ3) is 3.85. The molecule has 1 atom stereocenters. The van der Waals surface area contributed by atoms with Gasteiger partial charge in [0.05, 0.1) is 6.54 Å². The Bertz CT molecular complexity index is 800. The lowest BCUT2D eigenvalue weighted by Gasteiger charge is -2.18. The number of carbonyl (C=O) groups excluding carboxylic acids is 1. The van der Waals surface area contributed by atoms with Crippen molar-refractivity contribution in [3.05, 3.63) is 46.6 Å². The number of fused-ring (bicyclic) bond motifs is 1. The number of halogens is 1. The van der Waals surface area contributed by atoms with Gasteiger partial charge in [0.2, 0.25) is 12.7 Å². The largest absolute Gasteiger partial charge is 0.472 e. The van der Waals surface area contributed by atoms with Crippen molar-refractivity contribution < 1.29 is 19.0 Å². The maximum absolute atomic E-state index is 12.4. The number of nitrogens with zero attached hydrogens (tertiary/aromatic N) is 2. The molecule has 26 heavy (non-hydrogen) atoms. The SMILES string of the molecule is O=C(NCc1ccc2c(c1)OCO2)N1CCC(Oc2ccc(Br)cn2)C1. The van der Waals surface area contributed by atoms with Crippen LogP contribution in [0.25, 0.3) is 0 Å². The van der Waals surface area contributed by atoms with E-state index >= 15 is 0 Å². The van der Waals surface area contributed by atoms with E-state index in [0.717, 1.165) is 22.2 Å². The van der Waals surface area contributed by atoms with E-state index in [1.54, 1.807) is 11.1 Å². The monoisotopic (exact) mass is 419 g/mol. The number of pyridine rings is 1. The Balaban J connectivity index is 1.27. The maximum Gasteiger partial charge on any atom is 0.317 e. The van der Waals surface area contributed by atoms with Gasteiger partial charge in [0.15, 0.2) is 11.5 Å². The van der Waals surface area contributed by atoms with Crippen LogP contribution in [-0.4, -0.2) is 41.9 Å². The molecule has 3 heterocycles. The molecule has 2 aromatic rings. The third-order valence-corrected chi connectivity index (χ3v) is 4.77. The van der Waals surface area contributed by atoms with Gasteiger partial charge in [0.1, 0.15) is 6.10 Å². The molecular formula is C18H18BrN3O4. The molecule has 0 spiro atoms. The lowest BCUT2D eigenvalue weighted by molar-refractivity contribution is 0.174. The van der Waals surface area contributed by atoms with Gasteiger partial charge in [-0.15, -0.1) is 0 Å². The zero-order chi connectivity index (χ0) is 17.9. The highest BCUT2D eigenvalue weighted by molar-refractivity contribution is 9.10. The van der Waals surface area contributed by atoms with Crippen molar-refractivity contribution in [1.29, 1.82) is 0 Å².